The van der Waals surface area contributed by atoms with Crippen LogP contribution in [-0.2, 0) is 0 Å². The Labute approximate surface area is 218 Å². The van der Waals surface area contributed by atoms with Crippen LogP contribution in [0.25, 0.3) is 0 Å². The Hall–Kier alpha value is -3.09. The van der Waals surface area contributed by atoms with Crippen LogP contribution in [0.3, 0.4) is 0 Å². The molecule has 1 saturated heterocycles. The van der Waals surface area contributed by atoms with Gasteiger partial charge in [0.15, 0.2) is 5.78 Å². The van der Waals surface area contributed by atoms with Gasteiger partial charge in [0.25, 0.3) is 0 Å². The van der Waals surface area contributed by atoms with Crippen LogP contribution in [0.4, 0.5) is 8.78 Å². The molecule has 0 aromatic heterocycles. The molecular weight excluding hydrogens is 470 g/mol. The molecule has 6 heteroatoms. The van der Waals surface area contributed by atoms with Crippen molar-refractivity contribution in [2.24, 2.45) is 5.92 Å². The van der Waals surface area contributed by atoms with E-state index in [0.29, 0.717) is 29.8 Å². The summed E-state index contributed by atoms with van der Waals surface area (Å²) in [6.07, 6.45) is 1.96. The molecule has 1 heterocycles. The molecule has 1 fully saturated rings. The fraction of sp³-hybridized carbons (Fsp3) is 0.387. The van der Waals surface area contributed by atoms with E-state index in [9.17, 15) is 14.3 Å². The second kappa shape index (κ2) is 12.0. The first-order valence-electron chi connectivity index (χ1n) is 12.9. The van der Waals surface area contributed by atoms with Crippen LogP contribution < -0.4 is 0 Å². The Morgan fingerprint density at radius 3 is 2.57 bits per heavy atom. The maximum atomic E-state index is 15.2. The number of aromatic hydroxyl groups is 1. The summed E-state index contributed by atoms with van der Waals surface area (Å²) in [7, 11) is 4.09. The normalized spacial score (nSPS) is 20.3. The van der Waals surface area contributed by atoms with Crippen molar-refractivity contribution in [1.29, 1.82) is 0 Å². The number of carbonyl (C=O) groups excluding carboxylic acids is 1. The number of phenolic OH excluding ortho intramolecular Hbond substituents is 1. The highest BCUT2D eigenvalue weighted by Gasteiger charge is 2.43. The van der Waals surface area contributed by atoms with Crippen LogP contribution in [0, 0.1) is 30.5 Å². The summed E-state index contributed by atoms with van der Waals surface area (Å²) in [6.45, 7) is 4.50. The maximum absolute atomic E-state index is 15.2. The molecule has 0 spiro atoms. The van der Waals surface area contributed by atoms with Crippen molar-refractivity contribution in [2.75, 3.05) is 40.3 Å². The Bertz CT molecular complexity index is 1230. The molecule has 37 heavy (non-hydrogen) atoms. The Morgan fingerprint density at radius 1 is 1.05 bits per heavy atom. The second-order valence-corrected chi connectivity index (χ2v) is 10.3. The highest BCUT2D eigenvalue weighted by molar-refractivity contribution is 5.99. The first kappa shape index (κ1) is 27.0. The zero-order valence-corrected chi connectivity index (χ0v) is 21.8. The van der Waals surface area contributed by atoms with E-state index in [2.05, 4.69) is 15.9 Å². The average Bonchev–Trinajstić information content (AvgIpc) is 2.88. The lowest BCUT2D eigenvalue weighted by Crippen LogP contribution is -2.47. The van der Waals surface area contributed by atoms with E-state index in [0.717, 1.165) is 31.5 Å². The highest BCUT2D eigenvalue weighted by atomic mass is 19.1. The number of phenols is 1. The Kier molecular flexibility index (Phi) is 8.72. The average molecular weight is 506 g/mol. The third kappa shape index (κ3) is 6.25. The predicted molar refractivity (Wildman–Crippen MR) is 142 cm³/mol. The van der Waals surface area contributed by atoms with Crippen molar-refractivity contribution in [3.05, 3.63) is 101 Å². The summed E-state index contributed by atoms with van der Waals surface area (Å²) in [5.41, 5.74) is 2.09. The summed E-state index contributed by atoms with van der Waals surface area (Å²) >= 11 is 0. The number of Topliss-reactive ketones (excluding diaryl/α,β-unsaturated/α-hetero) is 1. The zero-order chi connectivity index (χ0) is 26.5. The van der Waals surface area contributed by atoms with E-state index in [-0.39, 0.29) is 29.1 Å². The number of hydrogen-bond donors (Lipinski definition) is 1. The summed E-state index contributed by atoms with van der Waals surface area (Å²) in [5, 5.41) is 10.1. The van der Waals surface area contributed by atoms with Crippen LogP contribution >= 0.6 is 0 Å². The summed E-state index contributed by atoms with van der Waals surface area (Å²) in [4.78, 5) is 18.4. The largest absolute Gasteiger partial charge is 0.508 e. The summed E-state index contributed by atoms with van der Waals surface area (Å²) in [6, 6.07) is 18.9. The Balaban J connectivity index is 1.79. The van der Waals surface area contributed by atoms with Gasteiger partial charge in [0.1, 0.15) is 17.4 Å². The van der Waals surface area contributed by atoms with Crippen LogP contribution in [0.1, 0.15) is 51.7 Å². The van der Waals surface area contributed by atoms with Crippen LogP contribution in [-0.4, -0.2) is 61.0 Å². The quantitative estimate of drug-likeness (QED) is 0.295. The minimum Gasteiger partial charge on any atom is -0.508 e. The number of ketones is 1. The molecular formula is C31H35F2N2O2. The van der Waals surface area contributed by atoms with E-state index in [1.54, 1.807) is 37.3 Å². The molecule has 0 amide bonds. The molecule has 3 aromatic rings. The number of nitrogens with zero attached hydrogens (tertiary/aromatic N) is 2. The monoisotopic (exact) mass is 505 g/mol. The molecule has 0 saturated carbocycles. The molecule has 1 radical (unpaired) electrons. The van der Waals surface area contributed by atoms with E-state index < -0.39 is 11.8 Å². The SMILES string of the molecule is Cc1c(F)cccc1[C@H]1[C@@H](C(=O)c2cccc(O)c2)CN(CCCCN(C)C)C[C@@H]1c1c[c]ccc1F. The Morgan fingerprint density at radius 2 is 1.84 bits per heavy atom. The molecule has 3 aromatic carbocycles. The van der Waals surface area contributed by atoms with Gasteiger partial charge in [-0.05, 0) is 100 Å². The topological polar surface area (TPSA) is 43.8 Å². The van der Waals surface area contributed by atoms with Crippen molar-refractivity contribution in [3.63, 3.8) is 0 Å². The molecule has 195 valence electrons. The first-order valence-corrected chi connectivity index (χ1v) is 12.9. The molecule has 0 bridgehead atoms. The van der Waals surface area contributed by atoms with Crippen LogP contribution in [0.15, 0.2) is 60.7 Å². The van der Waals surface area contributed by atoms with E-state index in [1.165, 1.54) is 24.3 Å². The molecule has 1 N–H and O–H groups in total. The third-order valence-corrected chi connectivity index (χ3v) is 7.48. The molecule has 4 rings (SSSR count). The summed E-state index contributed by atoms with van der Waals surface area (Å²) < 4.78 is 30.0. The molecule has 1 aliphatic rings. The van der Waals surface area contributed by atoms with Gasteiger partial charge in [-0.2, -0.15) is 0 Å². The van der Waals surface area contributed by atoms with Crippen molar-refractivity contribution in [1.82, 2.24) is 9.80 Å². The lowest BCUT2D eigenvalue weighted by atomic mass is 9.67. The summed E-state index contributed by atoms with van der Waals surface area (Å²) in [5.74, 6) is -2.16. The number of hydrogen-bond acceptors (Lipinski definition) is 4. The van der Waals surface area contributed by atoms with Gasteiger partial charge in [0.05, 0.1) is 0 Å². The number of likely N-dealkylation sites (tertiary alicyclic amines) is 1. The van der Waals surface area contributed by atoms with E-state index in [4.69, 9.17) is 0 Å². The molecule has 1 aliphatic heterocycles. The first-order chi connectivity index (χ1) is 17.8. The second-order valence-electron chi connectivity index (χ2n) is 10.3. The fourth-order valence-corrected chi connectivity index (χ4v) is 5.62. The number of halogens is 2. The van der Waals surface area contributed by atoms with Crippen molar-refractivity contribution < 1.29 is 18.7 Å². The predicted octanol–water partition coefficient (Wildman–Crippen LogP) is 5.80. The molecule has 0 unspecified atom stereocenters. The standard InChI is InChI=1S/C31H35F2N2O2/c1-21-24(13-9-15-28(21)32)30-26(25-12-4-5-14-29(25)33)19-35(17-7-6-16-34(2)3)20-27(30)31(37)22-10-8-11-23(36)18-22/h5,8-15,18,26-27,30,36H,6-7,16-17,19-20H2,1-3H3/t26-,27+,30-/m1/s1. The van der Waals surface area contributed by atoms with Crippen LogP contribution in [0.5, 0.6) is 5.75 Å². The van der Waals surface area contributed by atoms with Crippen LogP contribution in [0.2, 0.25) is 0 Å². The van der Waals surface area contributed by atoms with Gasteiger partial charge in [-0.1, -0.05) is 30.3 Å². The van der Waals surface area contributed by atoms with Crippen molar-refractivity contribution in [3.8, 4) is 5.75 Å². The molecule has 4 nitrogen and oxygen atoms in total. The van der Waals surface area contributed by atoms with E-state index >= 15 is 4.39 Å². The zero-order valence-electron chi connectivity index (χ0n) is 21.8. The lowest BCUT2D eigenvalue weighted by molar-refractivity contribution is 0.0732. The molecule has 3 atom stereocenters. The smallest absolute Gasteiger partial charge is 0.167 e. The number of unbranched alkanes of at least 4 members (excludes halogenated alkanes) is 1. The maximum Gasteiger partial charge on any atom is 0.167 e. The van der Waals surface area contributed by atoms with Gasteiger partial charge in [-0.15, -0.1) is 0 Å². The lowest BCUT2D eigenvalue weighted by Gasteiger charge is -2.44. The van der Waals surface area contributed by atoms with Gasteiger partial charge in [0, 0.05) is 36.4 Å². The third-order valence-electron chi connectivity index (χ3n) is 7.48. The van der Waals surface area contributed by atoms with Gasteiger partial charge < -0.3 is 14.9 Å². The minimum absolute atomic E-state index is 0.0148. The van der Waals surface area contributed by atoms with Gasteiger partial charge in [0.2, 0.25) is 0 Å². The number of benzene rings is 3. The van der Waals surface area contributed by atoms with Gasteiger partial charge in [-0.25, -0.2) is 8.78 Å². The minimum atomic E-state index is -0.547. The highest BCUT2D eigenvalue weighted by Crippen LogP contribution is 2.46. The van der Waals surface area contributed by atoms with Crippen molar-refractivity contribution in [2.45, 2.75) is 31.6 Å². The van der Waals surface area contributed by atoms with E-state index in [1.807, 2.05) is 20.2 Å². The van der Waals surface area contributed by atoms with Gasteiger partial charge >= 0.3 is 0 Å². The van der Waals surface area contributed by atoms with Crippen molar-refractivity contribution >= 4 is 5.78 Å². The number of carbonyl (C=O) groups is 1. The molecule has 0 aliphatic carbocycles. The number of rotatable bonds is 9. The van der Waals surface area contributed by atoms with Gasteiger partial charge in [-0.3, -0.25) is 4.79 Å². The number of piperidine rings is 1. The fourth-order valence-electron chi connectivity index (χ4n) is 5.62.